The topological polar surface area (TPSA) is 63.2 Å². The SMILES string of the molecule is Fc1ccccc1Cc1ccc(Nc2ccncn2)nc1N1CCOCC1. The molecule has 1 fully saturated rings. The van der Waals surface area contributed by atoms with Crippen LogP contribution in [0.1, 0.15) is 11.1 Å². The molecule has 0 radical (unpaired) electrons. The Morgan fingerprint density at radius 1 is 1.00 bits per heavy atom. The van der Waals surface area contributed by atoms with Crippen molar-refractivity contribution in [1.29, 1.82) is 0 Å². The average Bonchev–Trinajstić information content (AvgIpc) is 2.72. The summed E-state index contributed by atoms with van der Waals surface area (Å²) in [6.45, 7) is 2.83. The first-order chi connectivity index (χ1) is 13.3. The summed E-state index contributed by atoms with van der Waals surface area (Å²) >= 11 is 0. The molecule has 6 nitrogen and oxygen atoms in total. The highest BCUT2D eigenvalue weighted by Gasteiger charge is 2.18. The zero-order chi connectivity index (χ0) is 18.5. The Labute approximate surface area is 157 Å². The minimum Gasteiger partial charge on any atom is -0.378 e. The van der Waals surface area contributed by atoms with Crippen molar-refractivity contribution >= 4 is 17.5 Å². The van der Waals surface area contributed by atoms with Gasteiger partial charge in [0.05, 0.1) is 13.2 Å². The Morgan fingerprint density at radius 2 is 1.85 bits per heavy atom. The second-order valence-electron chi connectivity index (χ2n) is 6.27. The van der Waals surface area contributed by atoms with E-state index in [0.29, 0.717) is 36.8 Å². The minimum atomic E-state index is -0.200. The third-order valence-corrected chi connectivity index (χ3v) is 4.44. The van der Waals surface area contributed by atoms with Gasteiger partial charge in [-0.05, 0) is 29.3 Å². The number of benzene rings is 1. The van der Waals surface area contributed by atoms with Gasteiger partial charge in [0.1, 0.15) is 29.6 Å². The van der Waals surface area contributed by atoms with Gasteiger partial charge in [-0.1, -0.05) is 24.3 Å². The predicted molar refractivity (Wildman–Crippen MR) is 102 cm³/mol. The molecule has 0 atom stereocenters. The third-order valence-electron chi connectivity index (χ3n) is 4.44. The molecule has 1 aromatic carbocycles. The van der Waals surface area contributed by atoms with Gasteiger partial charge in [-0.25, -0.2) is 19.3 Å². The molecule has 1 aliphatic rings. The number of morpholine rings is 1. The summed E-state index contributed by atoms with van der Waals surface area (Å²) in [6, 6.07) is 12.5. The normalized spacial score (nSPS) is 14.2. The first-order valence-electron chi connectivity index (χ1n) is 8.88. The Kier molecular flexibility index (Phi) is 5.20. The molecule has 0 spiro atoms. The Balaban J connectivity index is 1.66. The molecule has 138 valence electrons. The fourth-order valence-electron chi connectivity index (χ4n) is 3.08. The molecule has 4 rings (SSSR count). The van der Waals surface area contributed by atoms with Crippen LogP contribution >= 0.6 is 0 Å². The van der Waals surface area contributed by atoms with Gasteiger partial charge < -0.3 is 15.0 Å². The van der Waals surface area contributed by atoms with Gasteiger partial charge in [-0.3, -0.25) is 0 Å². The first-order valence-corrected chi connectivity index (χ1v) is 8.88. The molecule has 2 aromatic heterocycles. The molecular formula is C20H20FN5O. The molecule has 0 unspecified atom stereocenters. The quantitative estimate of drug-likeness (QED) is 0.749. The van der Waals surface area contributed by atoms with Crippen LogP contribution in [0.3, 0.4) is 0 Å². The lowest BCUT2D eigenvalue weighted by atomic mass is 10.0. The summed E-state index contributed by atoms with van der Waals surface area (Å²) in [6.07, 6.45) is 3.64. The molecule has 27 heavy (non-hydrogen) atoms. The Hall–Kier alpha value is -3.06. The van der Waals surface area contributed by atoms with E-state index in [2.05, 4.69) is 20.2 Å². The van der Waals surface area contributed by atoms with Gasteiger partial charge in [0, 0.05) is 25.7 Å². The smallest absolute Gasteiger partial charge is 0.134 e. The summed E-state index contributed by atoms with van der Waals surface area (Å²) in [5.41, 5.74) is 1.64. The van der Waals surface area contributed by atoms with Crippen LogP contribution in [-0.2, 0) is 11.2 Å². The minimum absolute atomic E-state index is 0.200. The van der Waals surface area contributed by atoms with Crippen LogP contribution in [0.25, 0.3) is 0 Å². The number of halogens is 1. The van der Waals surface area contributed by atoms with Gasteiger partial charge in [-0.2, -0.15) is 0 Å². The molecule has 0 saturated carbocycles. The van der Waals surface area contributed by atoms with Gasteiger partial charge in [0.25, 0.3) is 0 Å². The van der Waals surface area contributed by atoms with Crippen LogP contribution < -0.4 is 10.2 Å². The number of rotatable bonds is 5. The summed E-state index contributed by atoms with van der Waals surface area (Å²) in [5, 5.41) is 3.19. The van der Waals surface area contributed by atoms with Crippen LogP contribution in [0.4, 0.5) is 21.8 Å². The van der Waals surface area contributed by atoms with E-state index in [-0.39, 0.29) is 5.82 Å². The molecule has 3 heterocycles. The molecule has 0 bridgehead atoms. The molecular weight excluding hydrogens is 345 g/mol. The highest BCUT2D eigenvalue weighted by molar-refractivity contribution is 5.59. The van der Waals surface area contributed by atoms with Crippen LogP contribution in [-0.4, -0.2) is 41.3 Å². The number of hydrogen-bond donors (Lipinski definition) is 1. The van der Waals surface area contributed by atoms with Crippen molar-refractivity contribution in [3.05, 3.63) is 71.9 Å². The number of nitrogens with one attached hydrogen (secondary N) is 1. The standard InChI is InChI=1S/C20H20FN5O/c21-17-4-2-1-3-15(17)13-16-5-6-19(24-18-7-8-22-14-23-18)25-20(16)26-9-11-27-12-10-26/h1-8,14H,9-13H2,(H,22,23,24,25). The van der Waals surface area contributed by atoms with E-state index in [1.54, 1.807) is 18.3 Å². The maximum absolute atomic E-state index is 14.1. The highest BCUT2D eigenvalue weighted by atomic mass is 19.1. The fourth-order valence-corrected chi connectivity index (χ4v) is 3.08. The number of nitrogens with zero attached hydrogens (tertiary/aromatic N) is 4. The zero-order valence-electron chi connectivity index (χ0n) is 14.8. The summed E-state index contributed by atoms with van der Waals surface area (Å²) in [5.74, 6) is 2.01. The van der Waals surface area contributed by atoms with E-state index in [9.17, 15) is 4.39 Å². The lowest BCUT2D eigenvalue weighted by Gasteiger charge is -2.30. The van der Waals surface area contributed by atoms with E-state index in [4.69, 9.17) is 9.72 Å². The van der Waals surface area contributed by atoms with E-state index in [1.165, 1.54) is 12.4 Å². The van der Waals surface area contributed by atoms with Crippen molar-refractivity contribution in [3.63, 3.8) is 0 Å². The zero-order valence-corrected chi connectivity index (χ0v) is 14.8. The van der Waals surface area contributed by atoms with Crippen molar-refractivity contribution in [2.75, 3.05) is 36.5 Å². The van der Waals surface area contributed by atoms with Crippen LogP contribution in [0.5, 0.6) is 0 Å². The summed E-state index contributed by atoms with van der Waals surface area (Å²) in [4.78, 5) is 15.1. The average molecular weight is 365 g/mol. The first kappa shape index (κ1) is 17.4. The number of ether oxygens (including phenoxy) is 1. The number of hydrogen-bond acceptors (Lipinski definition) is 6. The number of anilines is 3. The van der Waals surface area contributed by atoms with Gasteiger partial charge in [0.2, 0.25) is 0 Å². The number of pyridine rings is 1. The summed E-state index contributed by atoms with van der Waals surface area (Å²) < 4.78 is 19.6. The van der Waals surface area contributed by atoms with Crippen molar-refractivity contribution in [1.82, 2.24) is 15.0 Å². The largest absolute Gasteiger partial charge is 0.378 e. The van der Waals surface area contributed by atoms with Crippen molar-refractivity contribution in [2.24, 2.45) is 0 Å². The van der Waals surface area contributed by atoms with E-state index in [0.717, 1.165) is 24.5 Å². The van der Waals surface area contributed by atoms with Gasteiger partial charge in [0.15, 0.2) is 0 Å². The Morgan fingerprint density at radius 3 is 2.63 bits per heavy atom. The summed E-state index contributed by atoms with van der Waals surface area (Å²) in [7, 11) is 0. The van der Waals surface area contributed by atoms with E-state index < -0.39 is 0 Å². The highest BCUT2D eigenvalue weighted by Crippen LogP contribution is 2.26. The predicted octanol–water partition coefficient (Wildman–Crippen LogP) is 3.18. The van der Waals surface area contributed by atoms with E-state index in [1.807, 2.05) is 24.3 Å². The molecule has 1 N–H and O–H groups in total. The molecule has 1 saturated heterocycles. The molecule has 1 aliphatic heterocycles. The van der Waals surface area contributed by atoms with E-state index >= 15 is 0 Å². The fraction of sp³-hybridized carbons (Fsp3) is 0.250. The second kappa shape index (κ2) is 8.09. The molecule has 3 aromatic rings. The maximum atomic E-state index is 14.1. The van der Waals surface area contributed by atoms with Crippen molar-refractivity contribution in [2.45, 2.75) is 6.42 Å². The number of aromatic nitrogens is 3. The van der Waals surface area contributed by atoms with Crippen molar-refractivity contribution in [3.8, 4) is 0 Å². The molecule has 0 amide bonds. The maximum Gasteiger partial charge on any atom is 0.134 e. The van der Waals surface area contributed by atoms with Gasteiger partial charge in [-0.15, -0.1) is 0 Å². The molecule has 7 heteroatoms. The van der Waals surface area contributed by atoms with Gasteiger partial charge >= 0.3 is 0 Å². The lowest BCUT2D eigenvalue weighted by Crippen LogP contribution is -2.37. The second-order valence-corrected chi connectivity index (χ2v) is 6.27. The molecule has 0 aliphatic carbocycles. The third kappa shape index (κ3) is 4.20. The Bertz CT molecular complexity index is 900. The van der Waals surface area contributed by atoms with Crippen LogP contribution in [0.2, 0.25) is 0 Å². The van der Waals surface area contributed by atoms with Crippen molar-refractivity contribution < 1.29 is 9.13 Å². The van der Waals surface area contributed by atoms with Crippen LogP contribution in [0, 0.1) is 5.82 Å². The monoisotopic (exact) mass is 365 g/mol. The lowest BCUT2D eigenvalue weighted by molar-refractivity contribution is 0.122. The van der Waals surface area contributed by atoms with Crippen LogP contribution in [0.15, 0.2) is 55.0 Å².